The zero-order valence-electron chi connectivity index (χ0n) is 16.3. The zero-order chi connectivity index (χ0) is 19.0. The van der Waals surface area contributed by atoms with Gasteiger partial charge in [-0.2, -0.15) is 0 Å². The van der Waals surface area contributed by atoms with Crippen LogP contribution in [0.2, 0.25) is 0 Å². The lowest BCUT2D eigenvalue weighted by molar-refractivity contribution is -0.132. The molecule has 0 radical (unpaired) electrons. The number of thiophene rings is 1. The fourth-order valence-corrected chi connectivity index (χ4v) is 5.11. The van der Waals surface area contributed by atoms with Crippen molar-refractivity contribution in [3.8, 4) is 0 Å². The quantitative estimate of drug-likeness (QED) is 0.807. The number of likely N-dealkylation sites (tertiary alicyclic amines) is 1. The van der Waals surface area contributed by atoms with E-state index in [0.717, 1.165) is 54.4 Å². The van der Waals surface area contributed by atoms with Gasteiger partial charge in [0.2, 0.25) is 0 Å². The number of carbonyl (C=O) groups is 1. The topological polar surface area (TPSA) is 58.8 Å². The first kappa shape index (κ1) is 18.7. The molecular formula is C20H27N3O3S. The molecule has 0 aromatic carbocycles. The van der Waals surface area contributed by atoms with Crippen LogP contribution in [0.3, 0.4) is 0 Å². The first-order valence-electron chi connectivity index (χ1n) is 9.58. The van der Waals surface area contributed by atoms with Crippen molar-refractivity contribution in [3.63, 3.8) is 0 Å². The minimum atomic E-state index is -0.266. The van der Waals surface area contributed by atoms with Gasteiger partial charge in [0.25, 0.3) is 5.91 Å². The summed E-state index contributed by atoms with van der Waals surface area (Å²) in [6.07, 6.45) is 2.07. The highest BCUT2D eigenvalue weighted by atomic mass is 32.1. The van der Waals surface area contributed by atoms with E-state index in [1.807, 2.05) is 37.1 Å². The lowest BCUT2D eigenvalue weighted by Gasteiger charge is -2.48. The number of hydrogen-bond donors (Lipinski definition) is 0. The maximum Gasteiger partial charge on any atom is 0.264 e. The summed E-state index contributed by atoms with van der Waals surface area (Å²) in [7, 11) is 0. The molecule has 146 valence electrons. The lowest BCUT2D eigenvalue weighted by Crippen LogP contribution is -2.60. The van der Waals surface area contributed by atoms with Crippen molar-refractivity contribution in [3.05, 3.63) is 38.9 Å². The Kier molecular flexibility index (Phi) is 5.09. The highest BCUT2D eigenvalue weighted by Crippen LogP contribution is 2.31. The van der Waals surface area contributed by atoms with Gasteiger partial charge in [0.1, 0.15) is 5.76 Å². The van der Waals surface area contributed by atoms with Crippen LogP contribution in [-0.2, 0) is 11.3 Å². The Morgan fingerprint density at radius 1 is 1.30 bits per heavy atom. The molecule has 27 heavy (non-hydrogen) atoms. The smallest absolute Gasteiger partial charge is 0.264 e. The van der Waals surface area contributed by atoms with Gasteiger partial charge in [-0.15, -0.1) is 11.3 Å². The van der Waals surface area contributed by atoms with Crippen molar-refractivity contribution < 1.29 is 14.1 Å². The molecule has 0 saturated carbocycles. The van der Waals surface area contributed by atoms with Crippen molar-refractivity contribution in [1.82, 2.24) is 15.0 Å². The molecule has 4 rings (SSSR count). The van der Waals surface area contributed by atoms with E-state index < -0.39 is 0 Å². The Hall–Kier alpha value is -1.70. The first-order valence-corrected chi connectivity index (χ1v) is 10.5. The lowest BCUT2D eigenvalue weighted by atomic mass is 9.90. The Balaban J connectivity index is 1.46. The van der Waals surface area contributed by atoms with Crippen LogP contribution in [0.4, 0.5) is 0 Å². The first-order chi connectivity index (χ1) is 13.0. The number of amides is 1. The number of carbonyl (C=O) groups excluding carboxylic acids is 1. The summed E-state index contributed by atoms with van der Waals surface area (Å²) in [6, 6.07) is 1.99. The third-order valence-electron chi connectivity index (χ3n) is 5.66. The van der Waals surface area contributed by atoms with Gasteiger partial charge >= 0.3 is 0 Å². The van der Waals surface area contributed by atoms with E-state index in [-0.39, 0.29) is 11.5 Å². The summed E-state index contributed by atoms with van der Waals surface area (Å²) in [5.74, 6) is 1.03. The van der Waals surface area contributed by atoms with Gasteiger partial charge in [-0.05, 0) is 57.2 Å². The van der Waals surface area contributed by atoms with Crippen molar-refractivity contribution in [2.75, 3.05) is 32.8 Å². The van der Waals surface area contributed by atoms with E-state index in [4.69, 9.17) is 9.26 Å². The molecule has 1 atom stereocenters. The predicted octanol–water partition coefficient (Wildman–Crippen LogP) is 3.17. The molecule has 1 amide bonds. The summed E-state index contributed by atoms with van der Waals surface area (Å²) >= 11 is 1.53. The van der Waals surface area contributed by atoms with Gasteiger partial charge in [-0.1, -0.05) is 5.16 Å². The largest absolute Gasteiger partial charge is 0.370 e. The molecule has 7 heteroatoms. The number of hydrogen-bond acceptors (Lipinski definition) is 6. The average Bonchev–Trinajstić information content (AvgIpc) is 3.22. The van der Waals surface area contributed by atoms with Gasteiger partial charge in [0, 0.05) is 25.2 Å². The van der Waals surface area contributed by atoms with Gasteiger partial charge in [-0.25, -0.2) is 0 Å². The van der Waals surface area contributed by atoms with E-state index in [9.17, 15) is 4.79 Å². The standard InChI is InChI=1S/C20H27N3O3S/c1-14-9-18(27-11-14)19(24)23-7-8-25-20(13-23)5-4-6-22(12-20)10-17-15(2)21-26-16(17)3/h9,11H,4-8,10,12-13H2,1-3H3. The average molecular weight is 390 g/mol. The molecule has 6 nitrogen and oxygen atoms in total. The molecule has 0 N–H and O–H groups in total. The number of nitrogens with zero attached hydrogens (tertiary/aromatic N) is 3. The monoisotopic (exact) mass is 389 g/mol. The second-order valence-electron chi connectivity index (χ2n) is 7.86. The van der Waals surface area contributed by atoms with E-state index in [1.54, 1.807) is 0 Å². The number of rotatable bonds is 3. The van der Waals surface area contributed by atoms with Crippen molar-refractivity contribution >= 4 is 17.2 Å². The van der Waals surface area contributed by atoms with Crippen LogP contribution < -0.4 is 0 Å². The van der Waals surface area contributed by atoms with E-state index in [2.05, 4.69) is 10.1 Å². The summed E-state index contributed by atoms with van der Waals surface area (Å²) in [6.45, 7) is 10.6. The van der Waals surface area contributed by atoms with Crippen molar-refractivity contribution in [2.24, 2.45) is 0 Å². The molecule has 2 aromatic rings. The molecule has 0 bridgehead atoms. The minimum absolute atomic E-state index is 0.138. The molecule has 2 aromatic heterocycles. The summed E-state index contributed by atoms with van der Waals surface area (Å²) in [5, 5.41) is 6.11. The van der Waals surface area contributed by atoms with Gasteiger partial charge in [0.05, 0.1) is 29.3 Å². The summed E-state index contributed by atoms with van der Waals surface area (Å²) in [4.78, 5) is 18.1. The molecule has 2 aliphatic heterocycles. The van der Waals surface area contributed by atoms with Crippen molar-refractivity contribution in [2.45, 2.75) is 45.8 Å². The fourth-order valence-electron chi connectivity index (χ4n) is 4.24. The highest BCUT2D eigenvalue weighted by Gasteiger charge is 2.42. The van der Waals surface area contributed by atoms with Crippen LogP contribution in [0.15, 0.2) is 16.0 Å². The van der Waals surface area contributed by atoms with Crippen LogP contribution in [0, 0.1) is 20.8 Å². The number of aryl methyl sites for hydroxylation is 3. The van der Waals surface area contributed by atoms with Gasteiger partial charge in [0.15, 0.2) is 0 Å². The fraction of sp³-hybridized carbons (Fsp3) is 0.600. The van der Waals surface area contributed by atoms with E-state index in [0.29, 0.717) is 19.7 Å². The maximum atomic E-state index is 12.9. The van der Waals surface area contributed by atoms with Gasteiger partial charge in [-0.3, -0.25) is 9.69 Å². The third kappa shape index (κ3) is 3.81. The van der Waals surface area contributed by atoms with Gasteiger partial charge < -0.3 is 14.2 Å². The second kappa shape index (κ2) is 7.37. The highest BCUT2D eigenvalue weighted by molar-refractivity contribution is 7.12. The SMILES string of the molecule is Cc1csc(C(=O)N2CCOC3(CCCN(Cc4c(C)noc4C)C3)C2)c1. The molecule has 4 heterocycles. The third-order valence-corrected chi connectivity index (χ3v) is 6.69. The molecule has 2 fully saturated rings. The Labute approximate surface area is 164 Å². The van der Waals surface area contributed by atoms with Crippen LogP contribution in [0.5, 0.6) is 0 Å². The number of aromatic nitrogens is 1. The molecule has 1 unspecified atom stereocenters. The van der Waals surface area contributed by atoms with Crippen LogP contribution >= 0.6 is 11.3 Å². The molecule has 2 aliphatic rings. The second-order valence-corrected chi connectivity index (χ2v) is 8.77. The minimum Gasteiger partial charge on any atom is -0.370 e. The summed E-state index contributed by atoms with van der Waals surface area (Å²) in [5.41, 5.74) is 3.01. The molecule has 2 saturated heterocycles. The maximum absolute atomic E-state index is 12.9. The Morgan fingerprint density at radius 2 is 2.15 bits per heavy atom. The van der Waals surface area contributed by atoms with E-state index in [1.165, 1.54) is 16.9 Å². The molecular weight excluding hydrogens is 362 g/mol. The zero-order valence-corrected chi connectivity index (χ0v) is 17.1. The summed E-state index contributed by atoms with van der Waals surface area (Å²) < 4.78 is 11.6. The predicted molar refractivity (Wildman–Crippen MR) is 104 cm³/mol. The molecule has 1 spiro atoms. The molecule has 0 aliphatic carbocycles. The van der Waals surface area contributed by atoms with Crippen LogP contribution in [-0.4, -0.2) is 59.3 Å². The number of morpholine rings is 1. The normalized spacial score (nSPS) is 23.9. The number of piperidine rings is 1. The number of ether oxygens (including phenoxy) is 1. The van der Waals surface area contributed by atoms with Crippen LogP contribution in [0.25, 0.3) is 0 Å². The van der Waals surface area contributed by atoms with Crippen LogP contribution in [0.1, 0.15) is 45.1 Å². The Bertz CT molecular complexity index is 807. The Morgan fingerprint density at radius 3 is 2.85 bits per heavy atom. The van der Waals surface area contributed by atoms with Crippen molar-refractivity contribution in [1.29, 1.82) is 0 Å². The van der Waals surface area contributed by atoms with E-state index >= 15 is 0 Å².